The van der Waals surface area contributed by atoms with Gasteiger partial charge in [0.25, 0.3) is 0 Å². The molecule has 2 aliphatic heterocycles. The van der Waals surface area contributed by atoms with E-state index >= 15 is 0 Å². The van der Waals surface area contributed by atoms with Crippen molar-refractivity contribution in [1.29, 1.82) is 0 Å². The Morgan fingerprint density at radius 1 is 1.09 bits per heavy atom. The molecule has 160 valence electrons. The summed E-state index contributed by atoms with van der Waals surface area (Å²) in [5, 5.41) is 0. The van der Waals surface area contributed by atoms with Crippen molar-refractivity contribution >= 4 is 39.1 Å². The number of hydrogen-bond acceptors (Lipinski definition) is 4. The number of ketones is 1. The maximum absolute atomic E-state index is 13.5. The number of benzene rings is 2. The number of dihydropyridines is 1. The normalized spacial score (nSPS) is 21.8. The van der Waals surface area contributed by atoms with Crippen LogP contribution in [0.3, 0.4) is 0 Å². The van der Waals surface area contributed by atoms with Gasteiger partial charge in [-0.25, -0.2) is 0 Å². The van der Waals surface area contributed by atoms with Crippen LogP contribution in [0.1, 0.15) is 18.1 Å². The van der Waals surface area contributed by atoms with E-state index in [1.54, 1.807) is 6.08 Å². The van der Waals surface area contributed by atoms with Crippen molar-refractivity contribution < 1.29 is 14.3 Å². The fourth-order valence-corrected chi connectivity index (χ4v) is 4.78. The third-order valence-electron chi connectivity index (χ3n) is 5.79. The Hall–Kier alpha value is -3.18. The highest BCUT2D eigenvalue weighted by atomic mass is 79.9. The van der Waals surface area contributed by atoms with Crippen LogP contribution >= 0.6 is 15.9 Å². The first-order valence-corrected chi connectivity index (χ1v) is 11.4. The second kappa shape index (κ2) is 8.75. The van der Waals surface area contributed by atoms with Gasteiger partial charge in [-0.1, -0.05) is 76.6 Å². The maximum Gasteiger partial charge on any atom is 0.187 e. The molecule has 2 aromatic carbocycles. The SMILES string of the molecule is CC1=NC2C=CC(Br)=CC2C(c2ccccc2)=C1C(=O)C=Cc1ccc2c(c1)OCCO2. The first kappa shape index (κ1) is 20.7. The molecule has 2 aromatic rings. The number of aliphatic imine (C=N–C) groups is 1. The molecule has 5 rings (SSSR count). The predicted molar refractivity (Wildman–Crippen MR) is 131 cm³/mol. The van der Waals surface area contributed by atoms with Crippen LogP contribution in [-0.4, -0.2) is 30.8 Å². The van der Waals surface area contributed by atoms with Crippen LogP contribution in [0.4, 0.5) is 0 Å². The fraction of sp³-hybridized carbons (Fsp3) is 0.185. The van der Waals surface area contributed by atoms with Crippen molar-refractivity contribution in [3.8, 4) is 11.5 Å². The third kappa shape index (κ3) is 4.00. The number of halogens is 1. The van der Waals surface area contributed by atoms with Crippen LogP contribution in [0, 0.1) is 5.92 Å². The van der Waals surface area contributed by atoms with Crippen molar-refractivity contribution in [2.75, 3.05) is 13.2 Å². The van der Waals surface area contributed by atoms with E-state index in [1.165, 1.54) is 0 Å². The lowest BCUT2D eigenvalue weighted by Gasteiger charge is -2.31. The minimum atomic E-state index is -0.0579. The number of rotatable bonds is 4. The molecule has 5 heteroatoms. The summed E-state index contributed by atoms with van der Waals surface area (Å²) >= 11 is 3.60. The van der Waals surface area contributed by atoms with Gasteiger partial charge in [0.2, 0.25) is 0 Å². The van der Waals surface area contributed by atoms with E-state index in [4.69, 9.17) is 14.5 Å². The zero-order valence-corrected chi connectivity index (χ0v) is 19.2. The molecule has 2 heterocycles. The maximum atomic E-state index is 13.5. The summed E-state index contributed by atoms with van der Waals surface area (Å²) in [6.07, 6.45) is 9.70. The highest BCUT2D eigenvalue weighted by Gasteiger charge is 2.33. The van der Waals surface area contributed by atoms with Crippen LogP contribution in [0.5, 0.6) is 11.5 Å². The molecule has 0 amide bonds. The molecule has 0 saturated heterocycles. The fourth-order valence-electron chi connectivity index (χ4n) is 4.35. The lowest BCUT2D eigenvalue weighted by molar-refractivity contribution is -0.110. The highest BCUT2D eigenvalue weighted by molar-refractivity contribution is 9.11. The average Bonchev–Trinajstić information content (AvgIpc) is 2.82. The van der Waals surface area contributed by atoms with E-state index in [0.29, 0.717) is 24.5 Å². The van der Waals surface area contributed by atoms with Gasteiger partial charge >= 0.3 is 0 Å². The highest BCUT2D eigenvalue weighted by Crippen LogP contribution is 2.40. The lowest BCUT2D eigenvalue weighted by Crippen LogP contribution is -2.29. The standard InChI is InChI=1S/C27H22BrNO3/c1-17-26(23(30)11-7-18-8-12-24-25(15-18)32-14-13-31-24)27(19-5-3-2-4-6-19)21-16-20(28)9-10-22(21)29-17/h2-12,15-16,21-22H,13-14H2,1H3. The van der Waals surface area contributed by atoms with Gasteiger partial charge in [-0.3, -0.25) is 9.79 Å². The van der Waals surface area contributed by atoms with Crippen molar-refractivity contribution in [3.63, 3.8) is 0 Å². The van der Waals surface area contributed by atoms with E-state index in [-0.39, 0.29) is 17.7 Å². The molecule has 0 fully saturated rings. The predicted octanol–water partition coefficient (Wildman–Crippen LogP) is 5.80. The Morgan fingerprint density at radius 3 is 2.69 bits per heavy atom. The Kier molecular flexibility index (Phi) is 5.66. The van der Waals surface area contributed by atoms with Gasteiger partial charge in [0.1, 0.15) is 13.2 Å². The summed E-state index contributed by atoms with van der Waals surface area (Å²) < 4.78 is 12.2. The van der Waals surface area contributed by atoms with Gasteiger partial charge in [0.15, 0.2) is 17.3 Å². The van der Waals surface area contributed by atoms with E-state index in [1.807, 2.05) is 55.5 Å². The zero-order chi connectivity index (χ0) is 22.1. The number of fused-ring (bicyclic) bond motifs is 2. The average molecular weight is 488 g/mol. The van der Waals surface area contributed by atoms with Crippen LogP contribution < -0.4 is 9.47 Å². The monoisotopic (exact) mass is 487 g/mol. The van der Waals surface area contributed by atoms with E-state index in [9.17, 15) is 4.79 Å². The Balaban J connectivity index is 1.54. The first-order chi connectivity index (χ1) is 15.6. The molecule has 3 aliphatic rings. The van der Waals surface area contributed by atoms with Crippen LogP contribution in [-0.2, 0) is 4.79 Å². The number of carbonyl (C=O) groups excluding carboxylic acids is 1. The van der Waals surface area contributed by atoms with Crippen LogP contribution in [0.25, 0.3) is 11.6 Å². The second-order valence-electron chi connectivity index (χ2n) is 7.90. The molecule has 0 bridgehead atoms. The third-order valence-corrected chi connectivity index (χ3v) is 6.32. The van der Waals surface area contributed by atoms with Gasteiger partial charge in [-0.15, -0.1) is 0 Å². The Labute approximate surface area is 195 Å². The number of carbonyl (C=O) groups is 1. The molecule has 2 unspecified atom stereocenters. The van der Waals surface area contributed by atoms with Crippen molar-refractivity contribution in [1.82, 2.24) is 0 Å². The Morgan fingerprint density at radius 2 is 1.88 bits per heavy atom. The molecule has 0 radical (unpaired) electrons. The topological polar surface area (TPSA) is 47.9 Å². The molecule has 1 aliphatic carbocycles. The van der Waals surface area contributed by atoms with Gasteiger partial charge in [0.05, 0.1) is 6.04 Å². The molecular formula is C27H22BrNO3. The van der Waals surface area contributed by atoms with Gasteiger partial charge in [-0.05, 0) is 41.8 Å². The minimum Gasteiger partial charge on any atom is -0.486 e. The number of ether oxygens (including phenoxy) is 2. The van der Waals surface area contributed by atoms with Crippen LogP contribution in [0.15, 0.2) is 87.9 Å². The van der Waals surface area contributed by atoms with Gasteiger partial charge in [-0.2, -0.15) is 0 Å². The summed E-state index contributed by atoms with van der Waals surface area (Å²) in [5.74, 6) is 1.38. The molecule has 4 nitrogen and oxygen atoms in total. The first-order valence-electron chi connectivity index (χ1n) is 10.6. The zero-order valence-electron chi connectivity index (χ0n) is 17.6. The van der Waals surface area contributed by atoms with Crippen molar-refractivity contribution in [3.05, 3.63) is 94.0 Å². The number of nitrogens with zero attached hydrogens (tertiary/aromatic N) is 1. The summed E-state index contributed by atoms with van der Waals surface area (Å²) in [6, 6.07) is 15.8. The van der Waals surface area contributed by atoms with Crippen LogP contribution in [0.2, 0.25) is 0 Å². The molecule has 0 N–H and O–H groups in total. The van der Waals surface area contributed by atoms with Gasteiger partial charge in [0, 0.05) is 21.7 Å². The minimum absolute atomic E-state index is 0.00196. The van der Waals surface area contributed by atoms with Crippen molar-refractivity contribution in [2.24, 2.45) is 10.9 Å². The quantitative estimate of drug-likeness (QED) is 0.511. The summed E-state index contributed by atoms with van der Waals surface area (Å²) in [5.41, 5.74) is 4.37. The Bertz CT molecular complexity index is 1220. The summed E-state index contributed by atoms with van der Waals surface area (Å²) in [6.45, 7) is 3.01. The lowest BCUT2D eigenvalue weighted by atomic mass is 9.77. The largest absolute Gasteiger partial charge is 0.486 e. The molecule has 32 heavy (non-hydrogen) atoms. The number of allylic oxidation sites excluding steroid dienone is 4. The molecule has 0 aromatic heterocycles. The van der Waals surface area contributed by atoms with E-state index in [0.717, 1.165) is 32.6 Å². The summed E-state index contributed by atoms with van der Waals surface area (Å²) in [4.78, 5) is 18.3. The molecule has 2 atom stereocenters. The molecular weight excluding hydrogens is 466 g/mol. The summed E-state index contributed by atoms with van der Waals surface area (Å²) in [7, 11) is 0. The van der Waals surface area contributed by atoms with E-state index < -0.39 is 0 Å². The molecule has 0 saturated carbocycles. The molecule has 0 spiro atoms. The second-order valence-corrected chi connectivity index (χ2v) is 8.81. The van der Waals surface area contributed by atoms with Gasteiger partial charge < -0.3 is 9.47 Å². The van der Waals surface area contributed by atoms with Crippen molar-refractivity contribution in [2.45, 2.75) is 13.0 Å². The van der Waals surface area contributed by atoms with E-state index in [2.05, 4.69) is 40.2 Å². The smallest absolute Gasteiger partial charge is 0.187 e. The number of hydrogen-bond donors (Lipinski definition) is 0.